The molecule has 0 radical (unpaired) electrons. The van der Waals surface area contributed by atoms with Gasteiger partial charge in [0.25, 0.3) is 0 Å². The van der Waals surface area contributed by atoms with Crippen molar-refractivity contribution in [3.63, 3.8) is 0 Å². The lowest BCUT2D eigenvalue weighted by molar-refractivity contribution is -0.129. The minimum Gasteiger partial charge on any atom is -0.341 e. The van der Waals surface area contributed by atoms with Crippen LogP contribution in [-0.2, 0) is 9.59 Å². The fourth-order valence-electron chi connectivity index (χ4n) is 2.53. The zero-order valence-corrected chi connectivity index (χ0v) is 11.7. The molecule has 0 aliphatic carbocycles. The molecule has 2 N–H and O–H groups in total. The molecule has 112 valence electrons. The molecule has 20 heavy (non-hydrogen) atoms. The fourth-order valence-corrected chi connectivity index (χ4v) is 2.53. The average molecular weight is 282 g/mol. The lowest BCUT2D eigenvalue weighted by Gasteiger charge is -2.17. The van der Waals surface area contributed by atoms with E-state index in [9.17, 15) is 14.4 Å². The van der Waals surface area contributed by atoms with E-state index in [1.54, 1.807) is 9.80 Å². The summed E-state index contributed by atoms with van der Waals surface area (Å²) < 4.78 is 0. The largest absolute Gasteiger partial charge is 0.341 e. The second-order valence-electron chi connectivity index (χ2n) is 5.21. The van der Waals surface area contributed by atoms with Crippen LogP contribution in [0.2, 0.25) is 0 Å². The van der Waals surface area contributed by atoms with Gasteiger partial charge in [-0.3, -0.25) is 9.59 Å². The van der Waals surface area contributed by atoms with Crippen LogP contribution in [0.15, 0.2) is 0 Å². The lowest BCUT2D eigenvalue weighted by atomic mass is 10.4. The summed E-state index contributed by atoms with van der Waals surface area (Å²) >= 11 is 0. The van der Waals surface area contributed by atoms with E-state index in [4.69, 9.17) is 0 Å². The molecule has 2 heterocycles. The molecule has 2 rings (SSSR count). The Labute approximate surface area is 118 Å². The second kappa shape index (κ2) is 7.12. The number of nitrogens with zero attached hydrogens (tertiary/aromatic N) is 2. The quantitative estimate of drug-likeness (QED) is 0.731. The molecule has 7 heteroatoms. The number of hydrogen-bond acceptors (Lipinski definition) is 3. The molecule has 2 saturated heterocycles. The highest BCUT2D eigenvalue weighted by molar-refractivity contribution is 5.87. The highest BCUT2D eigenvalue weighted by Crippen LogP contribution is 2.07. The fraction of sp³-hybridized carbons (Fsp3) is 0.769. The van der Waals surface area contributed by atoms with Crippen molar-refractivity contribution in [3.8, 4) is 0 Å². The molecule has 0 atom stereocenters. The van der Waals surface area contributed by atoms with Crippen molar-refractivity contribution in [2.24, 2.45) is 0 Å². The van der Waals surface area contributed by atoms with Crippen LogP contribution in [0.3, 0.4) is 0 Å². The number of carbonyl (C=O) groups is 3. The molecule has 0 bridgehead atoms. The van der Waals surface area contributed by atoms with Gasteiger partial charge in [0.15, 0.2) is 0 Å². The predicted molar refractivity (Wildman–Crippen MR) is 73.0 cm³/mol. The summed E-state index contributed by atoms with van der Waals surface area (Å²) in [7, 11) is 0. The summed E-state index contributed by atoms with van der Waals surface area (Å²) in [4.78, 5) is 38.4. The predicted octanol–water partition coefficient (Wildman–Crippen LogP) is -0.470. The van der Waals surface area contributed by atoms with Gasteiger partial charge in [0.2, 0.25) is 11.8 Å². The molecule has 0 aromatic carbocycles. The second-order valence-corrected chi connectivity index (χ2v) is 5.21. The molecule has 0 aromatic rings. The van der Waals surface area contributed by atoms with Gasteiger partial charge in [-0.05, 0) is 25.7 Å². The maximum Gasteiger partial charge on any atom is 0.315 e. The SMILES string of the molecule is O=C(NCC(=O)N1CCCC1)NCC(=O)N1CCCC1. The molecule has 0 saturated carbocycles. The lowest BCUT2D eigenvalue weighted by Crippen LogP contribution is -2.46. The normalized spacial score (nSPS) is 18.2. The molecule has 2 aliphatic rings. The number of carbonyl (C=O) groups excluding carboxylic acids is 3. The summed E-state index contributed by atoms with van der Waals surface area (Å²) in [6, 6.07) is -0.468. The van der Waals surface area contributed by atoms with Crippen LogP contribution in [0.1, 0.15) is 25.7 Å². The third-order valence-electron chi connectivity index (χ3n) is 3.72. The topological polar surface area (TPSA) is 81.8 Å². The third kappa shape index (κ3) is 4.11. The standard InChI is InChI=1S/C13H22N4O3/c18-11(16-5-1-2-6-16)9-14-13(20)15-10-12(19)17-7-3-4-8-17/h1-10H2,(H2,14,15,20). The maximum atomic E-state index is 11.7. The Kier molecular flexibility index (Phi) is 5.20. The summed E-state index contributed by atoms with van der Waals surface area (Å²) in [5.41, 5.74) is 0. The van der Waals surface area contributed by atoms with Crippen molar-refractivity contribution in [1.82, 2.24) is 20.4 Å². The van der Waals surface area contributed by atoms with Gasteiger partial charge < -0.3 is 20.4 Å². The van der Waals surface area contributed by atoms with E-state index in [0.29, 0.717) is 0 Å². The van der Waals surface area contributed by atoms with Gasteiger partial charge in [-0.2, -0.15) is 0 Å². The van der Waals surface area contributed by atoms with Gasteiger partial charge in [-0.25, -0.2) is 4.79 Å². The monoisotopic (exact) mass is 282 g/mol. The van der Waals surface area contributed by atoms with E-state index in [1.165, 1.54) is 0 Å². The van der Waals surface area contributed by atoms with Gasteiger partial charge in [-0.15, -0.1) is 0 Å². The van der Waals surface area contributed by atoms with Crippen molar-refractivity contribution >= 4 is 17.8 Å². The molecular formula is C13H22N4O3. The molecule has 4 amide bonds. The van der Waals surface area contributed by atoms with E-state index in [1.807, 2.05) is 0 Å². The van der Waals surface area contributed by atoms with Crippen molar-refractivity contribution in [2.45, 2.75) is 25.7 Å². The van der Waals surface area contributed by atoms with E-state index < -0.39 is 6.03 Å². The number of hydrogen-bond donors (Lipinski definition) is 2. The smallest absolute Gasteiger partial charge is 0.315 e. The number of amides is 4. The van der Waals surface area contributed by atoms with E-state index in [0.717, 1.165) is 51.9 Å². The van der Waals surface area contributed by atoms with Gasteiger partial charge in [0, 0.05) is 26.2 Å². The molecule has 7 nitrogen and oxygen atoms in total. The van der Waals surface area contributed by atoms with Crippen molar-refractivity contribution in [2.75, 3.05) is 39.3 Å². The Bertz CT molecular complexity index is 340. The van der Waals surface area contributed by atoms with Gasteiger partial charge in [-0.1, -0.05) is 0 Å². The van der Waals surface area contributed by atoms with E-state index >= 15 is 0 Å². The van der Waals surface area contributed by atoms with Crippen LogP contribution in [-0.4, -0.2) is 66.9 Å². The first-order valence-electron chi connectivity index (χ1n) is 7.24. The number of urea groups is 1. The molecule has 0 spiro atoms. The van der Waals surface area contributed by atoms with Crippen LogP contribution in [0, 0.1) is 0 Å². The van der Waals surface area contributed by atoms with Crippen molar-refractivity contribution in [1.29, 1.82) is 0 Å². The maximum absolute atomic E-state index is 11.7. The van der Waals surface area contributed by atoms with Crippen LogP contribution < -0.4 is 10.6 Å². The first-order chi connectivity index (χ1) is 9.66. The third-order valence-corrected chi connectivity index (χ3v) is 3.72. The Balaban J connectivity index is 1.60. The van der Waals surface area contributed by atoms with Gasteiger partial charge in [0.05, 0.1) is 13.1 Å². The van der Waals surface area contributed by atoms with E-state index in [-0.39, 0.29) is 24.9 Å². The first-order valence-corrected chi connectivity index (χ1v) is 7.24. The molecule has 2 aliphatic heterocycles. The number of rotatable bonds is 4. The molecule has 2 fully saturated rings. The summed E-state index contributed by atoms with van der Waals surface area (Å²) in [6.07, 6.45) is 4.12. The first kappa shape index (κ1) is 14.6. The molecule has 0 unspecified atom stereocenters. The van der Waals surface area contributed by atoms with Crippen LogP contribution in [0.4, 0.5) is 4.79 Å². The Hall–Kier alpha value is -1.79. The zero-order valence-electron chi connectivity index (χ0n) is 11.7. The highest BCUT2D eigenvalue weighted by atomic mass is 16.2. The minimum absolute atomic E-state index is 0.0102. The van der Waals surface area contributed by atoms with Crippen molar-refractivity contribution < 1.29 is 14.4 Å². The summed E-state index contributed by atoms with van der Waals surface area (Å²) in [5.74, 6) is -0.132. The van der Waals surface area contributed by atoms with Crippen LogP contribution in [0.25, 0.3) is 0 Å². The van der Waals surface area contributed by atoms with E-state index in [2.05, 4.69) is 10.6 Å². The van der Waals surface area contributed by atoms with Gasteiger partial charge >= 0.3 is 6.03 Å². The minimum atomic E-state index is -0.468. The van der Waals surface area contributed by atoms with Crippen LogP contribution >= 0.6 is 0 Å². The summed E-state index contributed by atoms with van der Waals surface area (Å²) in [6.45, 7) is 3.07. The Morgan fingerprint density at radius 3 is 1.40 bits per heavy atom. The Morgan fingerprint density at radius 1 is 0.700 bits per heavy atom. The zero-order chi connectivity index (χ0) is 14.4. The Morgan fingerprint density at radius 2 is 1.05 bits per heavy atom. The average Bonchev–Trinajstić information content (AvgIpc) is 3.14. The summed E-state index contributed by atoms with van der Waals surface area (Å²) in [5, 5.41) is 4.99. The number of nitrogens with one attached hydrogen (secondary N) is 2. The number of likely N-dealkylation sites (tertiary alicyclic amines) is 2. The van der Waals surface area contributed by atoms with Crippen LogP contribution in [0.5, 0.6) is 0 Å². The highest BCUT2D eigenvalue weighted by Gasteiger charge is 2.20. The molecule has 0 aromatic heterocycles. The molecular weight excluding hydrogens is 260 g/mol. The van der Waals surface area contributed by atoms with Crippen molar-refractivity contribution in [3.05, 3.63) is 0 Å². The van der Waals surface area contributed by atoms with Gasteiger partial charge in [0.1, 0.15) is 0 Å².